The minimum Gasteiger partial charge on any atom is -0.390 e. The lowest BCUT2D eigenvalue weighted by molar-refractivity contribution is 0.0133. The smallest absolute Gasteiger partial charge is 0.112 e. The van der Waals surface area contributed by atoms with Crippen molar-refractivity contribution in [2.24, 2.45) is 0 Å². The number of rotatable bonds is 7. The second-order valence-electron chi connectivity index (χ2n) is 5.30. The molecule has 0 saturated heterocycles. The molecule has 2 atom stereocenters. The fourth-order valence-electron chi connectivity index (χ4n) is 2.57. The number of hydrogen-bond donors (Lipinski definition) is 2. The van der Waals surface area contributed by atoms with Crippen LogP contribution < -0.4 is 0 Å². The summed E-state index contributed by atoms with van der Waals surface area (Å²) in [6, 6.07) is 8.01. The number of imidazole rings is 1. The fraction of sp³-hybridized carbons (Fsp3) is 0.562. The van der Waals surface area contributed by atoms with Crippen molar-refractivity contribution in [2.75, 3.05) is 0 Å². The van der Waals surface area contributed by atoms with Crippen LogP contribution in [0.4, 0.5) is 0 Å². The molecule has 0 fully saturated rings. The van der Waals surface area contributed by atoms with E-state index in [9.17, 15) is 10.2 Å². The van der Waals surface area contributed by atoms with Gasteiger partial charge in [0.05, 0.1) is 23.2 Å². The minimum absolute atomic E-state index is 0.399. The van der Waals surface area contributed by atoms with Gasteiger partial charge in [0.15, 0.2) is 0 Å². The lowest BCUT2D eigenvalue weighted by atomic mass is 10.1. The van der Waals surface area contributed by atoms with Crippen LogP contribution in [0, 0.1) is 0 Å². The van der Waals surface area contributed by atoms with Crippen LogP contribution in [0.3, 0.4) is 0 Å². The SMILES string of the molecule is CCCC(O)C(O)Cc1nc2ccccc2n1CCC. The number of fused-ring (bicyclic) bond motifs is 1. The third-order valence-electron chi connectivity index (χ3n) is 3.60. The number of aliphatic hydroxyl groups excluding tert-OH is 2. The standard InChI is InChI=1S/C16H24N2O2/c1-3-7-14(19)15(20)11-16-17-12-8-5-6-9-13(12)18(16)10-4-2/h5-6,8-9,14-15,19-20H,3-4,7,10-11H2,1-2H3. The molecule has 20 heavy (non-hydrogen) atoms. The molecule has 1 heterocycles. The van der Waals surface area contributed by atoms with Crippen LogP contribution in [0.15, 0.2) is 24.3 Å². The van der Waals surface area contributed by atoms with E-state index in [0.29, 0.717) is 12.8 Å². The number of aryl methyl sites for hydroxylation is 1. The first-order valence-corrected chi connectivity index (χ1v) is 7.47. The van der Waals surface area contributed by atoms with Gasteiger partial charge in [-0.05, 0) is 25.0 Å². The van der Waals surface area contributed by atoms with Gasteiger partial charge in [0.1, 0.15) is 5.82 Å². The summed E-state index contributed by atoms with van der Waals surface area (Å²) in [6.45, 7) is 5.01. The number of aliphatic hydroxyl groups is 2. The van der Waals surface area contributed by atoms with Crippen LogP contribution >= 0.6 is 0 Å². The topological polar surface area (TPSA) is 58.3 Å². The minimum atomic E-state index is -0.748. The second-order valence-corrected chi connectivity index (χ2v) is 5.30. The number of benzene rings is 1. The van der Waals surface area contributed by atoms with Gasteiger partial charge in [-0.25, -0.2) is 4.98 Å². The van der Waals surface area contributed by atoms with Crippen LogP contribution in [-0.4, -0.2) is 32.0 Å². The third-order valence-corrected chi connectivity index (χ3v) is 3.60. The Kier molecular flexibility index (Phi) is 5.15. The highest BCUT2D eigenvalue weighted by molar-refractivity contribution is 5.75. The summed E-state index contributed by atoms with van der Waals surface area (Å²) >= 11 is 0. The molecule has 2 unspecified atom stereocenters. The molecule has 110 valence electrons. The van der Waals surface area contributed by atoms with Crippen molar-refractivity contribution in [1.29, 1.82) is 0 Å². The second kappa shape index (κ2) is 6.86. The van der Waals surface area contributed by atoms with Crippen molar-refractivity contribution in [3.63, 3.8) is 0 Å². The first-order valence-electron chi connectivity index (χ1n) is 7.47. The lowest BCUT2D eigenvalue weighted by Crippen LogP contribution is -2.29. The molecule has 0 spiro atoms. The van der Waals surface area contributed by atoms with Gasteiger partial charge >= 0.3 is 0 Å². The summed E-state index contributed by atoms with van der Waals surface area (Å²) in [7, 11) is 0. The van der Waals surface area contributed by atoms with Crippen LogP contribution in [0.1, 0.15) is 38.9 Å². The van der Waals surface area contributed by atoms with Crippen molar-refractivity contribution in [2.45, 2.75) is 58.3 Å². The van der Waals surface area contributed by atoms with E-state index >= 15 is 0 Å². The lowest BCUT2D eigenvalue weighted by Gasteiger charge is -2.17. The summed E-state index contributed by atoms with van der Waals surface area (Å²) in [4.78, 5) is 4.61. The van der Waals surface area contributed by atoms with Crippen LogP contribution in [0.2, 0.25) is 0 Å². The van der Waals surface area contributed by atoms with E-state index in [1.807, 2.05) is 25.1 Å². The van der Waals surface area contributed by atoms with Gasteiger partial charge in [0.2, 0.25) is 0 Å². The number of hydrogen-bond acceptors (Lipinski definition) is 3. The molecule has 2 aromatic rings. The van der Waals surface area contributed by atoms with Crippen molar-refractivity contribution in [3.05, 3.63) is 30.1 Å². The van der Waals surface area contributed by atoms with Crippen molar-refractivity contribution in [1.82, 2.24) is 9.55 Å². The average Bonchev–Trinajstić information content (AvgIpc) is 2.78. The quantitative estimate of drug-likeness (QED) is 0.817. The maximum absolute atomic E-state index is 10.1. The zero-order valence-corrected chi connectivity index (χ0v) is 12.3. The van der Waals surface area contributed by atoms with E-state index in [1.165, 1.54) is 0 Å². The molecule has 2 rings (SSSR count). The number of para-hydroxylation sites is 2. The molecule has 0 saturated carbocycles. The molecule has 0 aliphatic heterocycles. The summed E-state index contributed by atoms with van der Waals surface area (Å²) in [5.41, 5.74) is 2.05. The third kappa shape index (κ3) is 3.19. The molecule has 0 bridgehead atoms. The van der Waals surface area contributed by atoms with Crippen LogP contribution in [0.5, 0.6) is 0 Å². The predicted octanol–water partition coefficient (Wildman–Crippen LogP) is 2.51. The molecule has 0 amide bonds. The highest BCUT2D eigenvalue weighted by Gasteiger charge is 2.19. The molecule has 0 aliphatic rings. The Morgan fingerprint density at radius 3 is 2.55 bits per heavy atom. The highest BCUT2D eigenvalue weighted by atomic mass is 16.3. The summed E-state index contributed by atoms with van der Waals surface area (Å²) < 4.78 is 2.15. The molecule has 4 heteroatoms. The van der Waals surface area contributed by atoms with Gasteiger partial charge in [-0.15, -0.1) is 0 Å². The maximum atomic E-state index is 10.1. The normalized spacial score (nSPS) is 14.6. The zero-order chi connectivity index (χ0) is 14.5. The molecule has 2 N–H and O–H groups in total. The van der Waals surface area contributed by atoms with E-state index < -0.39 is 12.2 Å². The first kappa shape index (κ1) is 15.0. The Bertz CT molecular complexity index is 550. The van der Waals surface area contributed by atoms with Gasteiger partial charge in [-0.3, -0.25) is 0 Å². The van der Waals surface area contributed by atoms with Gasteiger partial charge in [-0.2, -0.15) is 0 Å². The molecule has 1 aromatic heterocycles. The van der Waals surface area contributed by atoms with Gasteiger partial charge in [0, 0.05) is 13.0 Å². The number of nitrogens with zero attached hydrogens (tertiary/aromatic N) is 2. The Balaban J connectivity index is 2.26. The first-order chi connectivity index (χ1) is 9.67. The number of aromatic nitrogens is 2. The van der Waals surface area contributed by atoms with Gasteiger partial charge < -0.3 is 14.8 Å². The van der Waals surface area contributed by atoms with Crippen LogP contribution in [-0.2, 0) is 13.0 Å². The molecule has 0 aliphatic carbocycles. The van der Waals surface area contributed by atoms with Crippen molar-refractivity contribution < 1.29 is 10.2 Å². The maximum Gasteiger partial charge on any atom is 0.112 e. The van der Waals surface area contributed by atoms with E-state index in [0.717, 1.165) is 36.2 Å². The van der Waals surface area contributed by atoms with E-state index in [1.54, 1.807) is 0 Å². The zero-order valence-electron chi connectivity index (χ0n) is 12.3. The largest absolute Gasteiger partial charge is 0.390 e. The monoisotopic (exact) mass is 276 g/mol. The highest BCUT2D eigenvalue weighted by Crippen LogP contribution is 2.19. The van der Waals surface area contributed by atoms with Crippen LogP contribution in [0.25, 0.3) is 11.0 Å². The van der Waals surface area contributed by atoms with Crippen molar-refractivity contribution in [3.8, 4) is 0 Å². The summed E-state index contributed by atoms with van der Waals surface area (Å²) in [5.74, 6) is 0.857. The Morgan fingerprint density at radius 2 is 1.85 bits per heavy atom. The van der Waals surface area contributed by atoms with Crippen molar-refractivity contribution >= 4 is 11.0 Å². The summed E-state index contributed by atoms with van der Waals surface area (Å²) in [6.07, 6.45) is 1.48. The molecule has 1 aromatic carbocycles. The fourth-order valence-corrected chi connectivity index (χ4v) is 2.57. The molecular formula is C16H24N2O2. The average molecular weight is 276 g/mol. The van der Waals surface area contributed by atoms with E-state index in [2.05, 4.69) is 22.5 Å². The van der Waals surface area contributed by atoms with Gasteiger partial charge in [0.25, 0.3) is 0 Å². The molecular weight excluding hydrogens is 252 g/mol. The predicted molar refractivity (Wildman–Crippen MR) is 80.6 cm³/mol. The Hall–Kier alpha value is -1.39. The molecule has 0 radical (unpaired) electrons. The van der Waals surface area contributed by atoms with Gasteiger partial charge in [-0.1, -0.05) is 32.4 Å². The molecule has 4 nitrogen and oxygen atoms in total. The summed E-state index contributed by atoms with van der Waals surface area (Å²) in [5, 5.41) is 20.0. The van der Waals surface area contributed by atoms with E-state index in [4.69, 9.17) is 0 Å². The Labute approximate surface area is 120 Å². The Morgan fingerprint density at radius 1 is 1.10 bits per heavy atom. The van der Waals surface area contributed by atoms with E-state index in [-0.39, 0.29) is 0 Å².